The lowest BCUT2D eigenvalue weighted by molar-refractivity contribution is -0.267. The molecule has 1 fully saturated rings. The molecule has 0 aliphatic heterocycles. The van der Waals surface area contributed by atoms with E-state index in [0.29, 0.717) is 17.5 Å². The molecule has 0 unspecified atom stereocenters. The van der Waals surface area contributed by atoms with Crippen LogP contribution in [0.3, 0.4) is 0 Å². The maximum absolute atomic E-state index is 6.14. The normalized spacial score (nSPS) is 15.1. The van der Waals surface area contributed by atoms with E-state index in [1.807, 2.05) is 12.1 Å². The Morgan fingerprint density at radius 3 is 2.68 bits per heavy atom. The van der Waals surface area contributed by atoms with Crippen molar-refractivity contribution >= 4 is 32.5 Å². The second-order valence-corrected chi connectivity index (χ2v) is 9.19. The first kappa shape index (κ1) is 20.3. The molecule has 0 saturated heterocycles. The maximum Gasteiger partial charge on any atom is 0.187 e. The van der Waals surface area contributed by atoms with Crippen molar-refractivity contribution in [1.29, 1.82) is 0 Å². The Morgan fingerprint density at radius 1 is 1.06 bits per heavy atom. The summed E-state index contributed by atoms with van der Waals surface area (Å²) in [5.41, 5.74) is 7.01. The topological polar surface area (TPSA) is 65.8 Å². The number of aryl methyl sites for hydroxylation is 2. The molecular formula is C24H26N2O4S. The zero-order valence-corrected chi connectivity index (χ0v) is 18.8. The highest BCUT2D eigenvalue weighted by molar-refractivity contribution is 7.22. The van der Waals surface area contributed by atoms with E-state index in [1.165, 1.54) is 41.7 Å². The molecule has 1 aliphatic rings. The molecule has 5 rings (SSSR count). The van der Waals surface area contributed by atoms with Gasteiger partial charge < -0.3 is 14.0 Å². The zero-order chi connectivity index (χ0) is 21.4. The maximum atomic E-state index is 6.14. The van der Waals surface area contributed by atoms with E-state index in [0.717, 1.165) is 44.8 Å². The Kier molecular flexibility index (Phi) is 5.56. The van der Waals surface area contributed by atoms with E-state index in [1.54, 1.807) is 7.11 Å². The number of methoxy groups -OCH3 is 1. The number of ether oxygens (including phenoxy) is 1. The van der Waals surface area contributed by atoms with Crippen molar-refractivity contribution in [2.75, 3.05) is 7.11 Å². The number of furan rings is 1. The summed E-state index contributed by atoms with van der Waals surface area (Å²) in [5.74, 6) is 2.03. The van der Waals surface area contributed by atoms with Gasteiger partial charge in [0.25, 0.3) is 0 Å². The third-order valence-electron chi connectivity index (χ3n) is 5.84. The molecule has 162 valence electrons. The fraction of sp³-hybridized carbons (Fsp3) is 0.375. The molecule has 6 nitrogen and oxygen atoms in total. The van der Waals surface area contributed by atoms with Gasteiger partial charge in [-0.15, -0.1) is 11.3 Å². The molecule has 1 saturated carbocycles. The van der Waals surface area contributed by atoms with E-state index in [4.69, 9.17) is 24.0 Å². The Bertz CT molecular complexity index is 1220. The molecule has 7 heteroatoms. The summed E-state index contributed by atoms with van der Waals surface area (Å²) >= 11 is 1.50. The molecule has 0 radical (unpaired) electrons. The lowest BCUT2D eigenvalue weighted by atomic mass is 9.96. The molecule has 1 aliphatic carbocycles. The van der Waals surface area contributed by atoms with Gasteiger partial charge in [-0.3, -0.25) is 0 Å². The second kappa shape index (κ2) is 8.49. The standard InChI is InChI=1S/C24H26N2O4S/c1-14-11-15(2)17-13-21(28-20(17)12-14)24-25-22-18(27-3)9-10-19(23(22)31-24)29-30-26-16-7-5-4-6-8-16/h9-13,16,26H,4-8H2,1-3H3. The summed E-state index contributed by atoms with van der Waals surface area (Å²) in [5, 5.41) is 1.88. The quantitative estimate of drug-likeness (QED) is 0.274. The molecule has 2 aromatic heterocycles. The van der Waals surface area contributed by atoms with Crippen LogP contribution in [0.1, 0.15) is 43.2 Å². The van der Waals surface area contributed by atoms with Gasteiger partial charge in [-0.05, 0) is 62.1 Å². The van der Waals surface area contributed by atoms with Crippen molar-refractivity contribution in [2.24, 2.45) is 0 Å². The number of hydroxylamine groups is 1. The summed E-state index contributed by atoms with van der Waals surface area (Å²) in [4.78, 5) is 15.8. The van der Waals surface area contributed by atoms with Gasteiger partial charge in [0, 0.05) is 11.4 Å². The van der Waals surface area contributed by atoms with Crippen LogP contribution in [0.25, 0.3) is 32.0 Å². The number of benzene rings is 2. The minimum Gasteiger partial charge on any atom is -0.494 e. The fourth-order valence-corrected chi connectivity index (χ4v) is 5.22. The summed E-state index contributed by atoms with van der Waals surface area (Å²) in [6.07, 6.45) is 5.96. The Balaban J connectivity index is 1.46. The number of thiazole rings is 1. The van der Waals surface area contributed by atoms with Crippen LogP contribution in [0, 0.1) is 13.8 Å². The lowest BCUT2D eigenvalue weighted by Gasteiger charge is -2.21. The molecule has 0 atom stereocenters. The third kappa shape index (κ3) is 4.01. The van der Waals surface area contributed by atoms with Crippen LogP contribution in [0.2, 0.25) is 0 Å². The largest absolute Gasteiger partial charge is 0.494 e. The third-order valence-corrected chi connectivity index (χ3v) is 6.93. The van der Waals surface area contributed by atoms with E-state index < -0.39 is 0 Å². The van der Waals surface area contributed by atoms with E-state index in [2.05, 4.69) is 37.5 Å². The Morgan fingerprint density at radius 2 is 1.87 bits per heavy atom. The Hall–Kier alpha value is -2.61. The average molecular weight is 439 g/mol. The van der Waals surface area contributed by atoms with Crippen LogP contribution in [0.4, 0.5) is 0 Å². The monoisotopic (exact) mass is 438 g/mol. The van der Waals surface area contributed by atoms with Crippen molar-refractivity contribution in [3.05, 3.63) is 41.5 Å². The molecular weight excluding hydrogens is 412 g/mol. The van der Waals surface area contributed by atoms with Crippen molar-refractivity contribution in [2.45, 2.75) is 52.0 Å². The first-order valence-electron chi connectivity index (χ1n) is 10.7. The van der Waals surface area contributed by atoms with E-state index in [-0.39, 0.29) is 0 Å². The van der Waals surface area contributed by atoms with Gasteiger partial charge in [0.05, 0.1) is 7.11 Å². The molecule has 4 aromatic rings. The van der Waals surface area contributed by atoms with Gasteiger partial charge >= 0.3 is 0 Å². The minimum atomic E-state index is 0.335. The highest BCUT2D eigenvalue weighted by atomic mass is 32.1. The molecule has 0 amide bonds. The van der Waals surface area contributed by atoms with Crippen molar-refractivity contribution in [3.63, 3.8) is 0 Å². The molecule has 31 heavy (non-hydrogen) atoms. The van der Waals surface area contributed by atoms with Gasteiger partial charge in [-0.25, -0.2) is 4.98 Å². The summed E-state index contributed by atoms with van der Waals surface area (Å²) in [7, 11) is 1.64. The van der Waals surface area contributed by atoms with Crippen LogP contribution in [0.5, 0.6) is 11.5 Å². The van der Waals surface area contributed by atoms with Crippen LogP contribution in [-0.2, 0) is 4.99 Å². The number of hydrogen-bond donors (Lipinski definition) is 1. The van der Waals surface area contributed by atoms with Crippen molar-refractivity contribution in [3.8, 4) is 22.3 Å². The first-order chi connectivity index (χ1) is 15.1. The average Bonchev–Trinajstić information content (AvgIpc) is 3.39. The van der Waals surface area contributed by atoms with E-state index >= 15 is 0 Å². The molecule has 1 N–H and O–H groups in total. The van der Waals surface area contributed by atoms with Crippen molar-refractivity contribution < 1.29 is 19.0 Å². The van der Waals surface area contributed by atoms with Crippen LogP contribution in [-0.4, -0.2) is 18.1 Å². The van der Waals surface area contributed by atoms with Gasteiger partial charge in [-0.1, -0.05) is 30.3 Å². The molecule has 2 heterocycles. The van der Waals surface area contributed by atoms with E-state index in [9.17, 15) is 0 Å². The molecule has 0 spiro atoms. The van der Waals surface area contributed by atoms with Crippen LogP contribution < -0.4 is 15.1 Å². The Labute approximate surface area is 185 Å². The first-order valence-corrected chi connectivity index (χ1v) is 11.5. The highest BCUT2D eigenvalue weighted by Crippen LogP contribution is 2.42. The number of fused-ring (bicyclic) bond motifs is 2. The van der Waals surface area contributed by atoms with Gasteiger partial charge in [0.2, 0.25) is 0 Å². The number of rotatable bonds is 6. The van der Waals surface area contributed by atoms with Crippen LogP contribution >= 0.6 is 11.3 Å². The fourth-order valence-electron chi connectivity index (χ4n) is 4.25. The summed E-state index contributed by atoms with van der Waals surface area (Å²) < 4.78 is 12.5. The lowest BCUT2D eigenvalue weighted by Crippen LogP contribution is -2.32. The number of aromatic nitrogens is 1. The van der Waals surface area contributed by atoms with Crippen molar-refractivity contribution in [1.82, 2.24) is 10.5 Å². The van der Waals surface area contributed by atoms with Gasteiger partial charge in [0.15, 0.2) is 16.5 Å². The smallest absolute Gasteiger partial charge is 0.187 e. The summed E-state index contributed by atoms with van der Waals surface area (Å²) in [6, 6.07) is 10.3. The predicted molar refractivity (Wildman–Crippen MR) is 123 cm³/mol. The zero-order valence-electron chi connectivity index (χ0n) is 18.0. The summed E-state index contributed by atoms with van der Waals surface area (Å²) in [6.45, 7) is 4.17. The molecule has 2 aromatic carbocycles. The highest BCUT2D eigenvalue weighted by Gasteiger charge is 2.19. The second-order valence-electron chi connectivity index (χ2n) is 8.19. The van der Waals surface area contributed by atoms with Gasteiger partial charge in [0.1, 0.15) is 21.5 Å². The number of hydrogen-bond acceptors (Lipinski definition) is 7. The van der Waals surface area contributed by atoms with Crippen LogP contribution in [0.15, 0.2) is 34.7 Å². The van der Waals surface area contributed by atoms with Gasteiger partial charge in [-0.2, -0.15) is 5.48 Å². The minimum absolute atomic E-state index is 0.335. The molecule has 0 bridgehead atoms. The number of nitrogens with one attached hydrogen (secondary N) is 1. The SMILES string of the molecule is COc1ccc(OONC2CCCCC2)c2sc(-c3cc4c(C)cc(C)cc4o3)nc12. The predicted octanol–water partition coefficient (Wildman–Crippen LogP) is 6.48. The number of nitrogens with zero attached hydrogens (tertiary/aromatic N) is 1.